The number of esters is 2. The zero-order chi connectivity index (χ0) is 28.5. The molecule has 0 saturated heterocycles. The Hall–Kier alpha value is -2.51. The predicted molar refractivity (Wildman–Crippen MR) is 144 cm³/mol. The molecule has 9 atom stereocenters. The van der Waals surface area contributed by atoms with E-state index in [1.54, 1.807) is 25.1 Å². The second kappa shape index (κ2) is 9.27. The molecule has 6 nitrogen and oxygen atoms in total. The number of alkyl halides is 2. The van der Waals surface area contributed by atoms with Crippen LogP contribution in [0.1, 0.15) is 62.9 Å². The van der Waals surface area contributed by atoms with Gasteiger partial charge in [-0.05, 0) is 72.9 Å². The molecule has 3 saturated carbocycles. The smallest absolute Gasteiger partial charge is 0.351 e. The number of ketones is 1. The first kappa shape index (κ1) is 28.0. The molecule has 1 N–H and O–H groups in total. The summed E-state index contributed by atoms with van der Waals surface area (Å²) < 4.78 is 27.3. The summed E-state index contributed by atoms with van der Waals surface area (Å²) in [5.74, 6) is -3.10. The summed E-state index contributed by atoms with van der Waals surface area (Å²) in [5.41, 5.74) is -2.28. The Labute approximate surface area is 233 Å². The number of fused-ring (bicyclic) bond motifs is 5. The number of benzene rings is 1. The molecule has 4 aliphatic rings. The third kappa shape index (κ3) is 3.58. The maximum absolute atomic E-state index is 15.8. The van der Waals surface area contributed by atoms with Gasteiger partial charge in [0, 0.05) is 16.7 Å². The van der Waals surface area contributed by atoms with Crippen LogP contribution in [0.5, 0.6) is 0 Å². The lowest BCUT2D eigenvalue weighted by Crippen LogP contribution is -2.70. The molecule has 39 heavy (non-hydrogen) atoms. The number of hydrogen-bond donors (Lipinski definition) is 1. The van der Waals surface area contributed by atoms with Crippen LogP contribution in [0.4, 0.5) is 4.39 Å². The molecule has 0 heterocycles. The van der Waals surface area contributed by atoms with Gasteiger partial charge in [0.05, 0.1) is 23.7 Å². The molecule has 8 heteroatoms. The summed E-state index contributed by atoms with van der Waals surface area (Å²) in [7, 11) is 1.25. The van der Waals surface area contributed by atoms with E-state index in [0.29, 0.717) is 12.0 Å². The van der Waals surface area contributed by atoms with Crippen LogP contribution in [0.15, 0.2) is 48.1 Å². The average molecular weight is 559 g/mol. The minimum atomic E-state index is -1.71. The number of carbonyl (C=O) groups excluding carboxylic acids is 3. The third-order valence-corrected chi connectivity index (χ3v) is 11.4. The van der Waals surface area contributed by atoms with E-state index in [2.05, 4.69) is 0 Å². The van der Waals surface area contributed by atoms with Crippen molar-refractivity contribution in [1.82, 2.24) is 0 Å². The number of aryl methyl sites for hydroxylation is 1. The van der Waals surface area contributed by atoms with Crippen molar-refractivity contribution in [2.45, 2.75) is 76.1 Å². The number of aliphatic hydroxyl groups is 1. The first-order chi connectivity index (χ1) is 18.3. The number of halogens is 2. The van der Waals surface area contributed by atoms with Crippen LogP contribution in [0.3, 0.4) is 0 Å². The van der Waals surface area contributed by atoms with E-state index >= 15 is 4.39 Å². The second-order valence-electron chi connectivity index (χ2n) is 12.2. The van der Waals surface area contributed by atoms with Crippen LogP contribution in [0, 0.1) is 28.6 Å². The SMILES string of the molecule is CCc1ccc(C(=O)O[C@]2(C(=O)OC)[C@H](C)CC3C4C[C@H](F)C5=CC(=O)C=C[C@]5(C)[C@@]4(Cl)[C@@H](O)C[C@@]32C)cc1. The summed E-state index contributed by atoms with van der Waals surface area (Å²) in [6, 6.07) is 7.03. The standard InChI is InChI=1S/C31H36ClFO6/c1-6-18-7-9-19(10-8-18)26(36)39-31(27(37)38-5)17(2)13-21-22-15-24(33)23-14-20(34)11-12-28(23,3)30(22,32)25(35)16-29(21,31)4/h7-12,14,17,21-22,24-25,35H,6,13,15-16H2,1-5H3/t17-,21?,22?,24+,25+,28+,29+,30+,31+/m1/s1. The highest BCUT2D eigenvalue weighted by Crippen LogP contribution is 2.72. The van der Waals surface area contributed by atoms with Gasteiger partial charge in [0.15, 0.2) is 5.78 Å². The van der Waals surface area contributed by atoms with E-state index in [-0.39, 0.29) is 30.1 Å². The van der Waals surface area contributed by atoms with Crippen molar-refractivity contribution >= 4 is 29.3 Å². The number of allylic oxidation sites excluding steroid dienone is 4. The molecule has 0 aliphatic heterocycles. The first-order valence-corrected chi connectivity index (χ1v) is 14.0. The molecule has 1 aromatic carbocycles. The zero-order valence-corrected chi connectivity index (χ0v) is 23.8. The second-order valence-corrected chi connectivity index (χ2v) is 12.8. The first-order valence-electron chi connectivity index (χ1n) is 13.7. The van der Waals surface area contributed by atoms with E-state index < -0.39 is 57.4 Å². The summed E-state index contributed by atoms with van der Waals surface area (Å²) in [4.78, 5) is 38.0. The molecule has 1 aromatic rings. The summed E-state index contributed by atoms with van der Waals surface area (Å²) in [6.07, 6.45) is 2.91. The topological polar surface area (TPSA) is 89.9 Å². The van der Waals surface area contributed by atoms with Gasteiger partial charge >= 0.3 is 11.9 Å². The van der Waals surface area contributed by atoms with Crippen LogP contribution in [0.25, 0.3) is 0 Å². The third-order valence-electron chi connectivity index (χ3n) is 10.5. The monoisotopic (exact) mass is 558 g/mol. The molecule has 3 fully saturated rings. The van der Waals surface area contributed by atoms with Crippen molar-refractivity contribution in [3.05, 3.63) is 59.2 Å². The Balaban J connectivity index is 1.60. The summed E-state index contributed by atoms with van der Waals surface area (Å²) in [5, 5.41) is 11.8. The lowest BCUT2D eigenvalue weighted by Gasteiger charge is -2.64. The molecule has 0 radical (unpaired) electrons. The quantitative estimate of drug-likeness (QED) is 0.406. The minimum absolute atomic E-state index is 0.0141. The Bertz CT molecular complexity index is 1270. The maximum Gasteiger partial charge on any atom is 0.351 e. The van der Waals surface area contributed by atoms with Gasteiger partial charge in [-0.2, -0.15) is 0 Å². The van der Waals surface area contributed by atoms with Crippen molar-refractivity contribution in [3.8, 4) is 0 Å². The zero-order valence-electron chi connectivity index (χ0n) is 23.0. The highest BCUT2D eigenvalue weighted by atomic mass is 35.5. The van der Waals surface area contributed by atoms with Crippen LogP contribution in [0.2, 0.25) is 0 Å². The molecular weight excluding hydrogens is 523 g/mol. The number of methoxy groups -OCH3 is 1. The van der Waals surface area contributed by atoms with Gasteiger partial charge in [-0.3, -0.25) is 4.79 Å². The predicted octanol–water partition coefficient (Wildman–Crippen LogP) is 5.15. The van der Waals surface area contributed by atoms with Crippen LogP contribution >= 0.6 is 11.6 Å². The Kier molecular flexibility index (Phi) is 6.66. The molecule has 0 spiro atoms. The van der Waals surface area contributed by atoms with Crippen LogP contribution in [-0.2, 0) is 25.5 Å². The fraction of sp³-hybridized carbons (Fsp3) is 0.581. The van der Waals surface area contributed by atoms with E-state index in [1.807, 2.05) is 32.9 Å². The maximum atomic E-state index is 15.8. The lowest BCUT2D eigenvalue weighted by atomic mass is 9.45. The van der Waals surface area contributed by atoms with Crippen LogP contribution in [-0.4, -0.2) is 52.7 Å². The molecule has 0 amide bonds. The normalized spacial score (nSPS) is 42.6. The van der Waals surface area contributed by atoms with Gasteiger partial charge in [-0.15, -0.1) is 11.6 Å². The molecule has 0 bridgehead atoms. The van der Waals surface area contributed by atoms with E-state index in [4.69, 9.17) is 21.1 Å². The molecule has 0 aromatic heterocycles. The molecule has 4 aliphatic carbocycles. The fourth-order valence-corrected chi connectivity index (χ4v) is 8.94. The van der Waals surface area contributed by atoms with Crippen LogP contribution < -0.4 is 0 Å². The minimum Gasteiger partial charge on any atom is -0.466 e. The number of ether oxygens (including phenoxy) is 2. The van der Waals surface area contributed by atoms with E-state index in [0.717, 1.165) is 12.0 Å². The summed E-state index contributed by atoms with van der Waals surface area (Å²) in [6.45, 7) is 7.44. The molecular formula is C31H36ClFO6. The van der Waals surface area contributed by atoms with Crippen molar-refractivity contribution < 1.29 is 33.4 Å². The fourth-order valence-electron chi connectivity index (χ4n) is 8.45. The Morgan fingerprint density at radius 3 is 2.44 bits per heavy atom. The van der Waals surface area contributed by atoms with Crippen molar-refractivity contribution in [3.63, 3.8) is 0 Å². The van der Waals surface area contributed by atoms with Gasteiger partial charge in [-0.25, -0.2) is 14.0 Å². The Morgan fingerprint density at radius 2 is 1.82 bits per heavy atom. The van der Waals surface area contributed by atoms with Crippen molar-refractivity contribution in [2.75, 3.05) is 7.11 Å². The Morgan fingerprint density at radius 1 is 1.15 bits per heavy atom. The molecule has 5 rings (SSSR count). The number of hydrogen-bond acceptors (Lipinski definition) is 6. The molecule has 210 valence electrons. The lowest BCUT2D eigenvalue weighted by molar-refractivity contribution is -0.199. The largest absolute Gasteiger partial charge is 0.466 e. The number of aliphatic hydroxyl groups excluding tert-OH is 1. The number of rotatable bonds is 4. The highest BCUT2D eigenvalue weighted by Gasteiger charge is 2.78. The number of carbonyl (C=O) groups is 3. The van der Waals surface area contributed by atoms with Crippen molar-refractivity contribution in [2.24, 2.45) is 28.6 Å². The van der Waals surface area contributed by atoms with Gasteiger partial charge in [0.1, 0.15) is 6.17 Å². The summed E-state index contributed by atoms with van der Waals surface area (Å²) >= 11 is 7.42. The molecule has 2 unspecified atom stereocenters. The van der Waals surface area contributed by atoms with E-state index in [9.17, 15) is 19.5 Å². The van der Waals surface area contributed by atoms with Gasteiger partial charge < -0.3 is 14.6 Å². The van der Waals surface area contributed by atoms with E-state index in [1.165, 1.54) is 19.3 Å². The van der Waals surface area contributed by atoms with Gasteiger partial charge in [-0.1, -0.05) is 45.9 Å². The van der Waals surface area contributed by atoms with Gasteiger partial charge in [0.2, 0.25) is 5.60 Å². The van der Waals surface area contributed by atoms with Crippen molar-refractivity contribution in [1.29, 1.82) is 0 Å². The highest BCUT2D eigenvalue weighted by molar-refractivity contribution is 6.26. The average Bonchev–Trinajstić information content (AvgIpc) is 3.13. The van der Waals surface area contributed by atoms with Gasteiger partial charge in [0.25, 0.3) is 0 Å².